The molecule has 1 aromatic heterocycles. The lowest BCUT2D eigenvalue weighted by atomic mass is 9.88. The van der Waals surface area contributed by atoms with Crippen LogP contribution in [0.5, 0.6) is 0 Å². The van der Waals surface area contributed by atoms with Gasteiger partial charge in [0.15, 0.2) is 0 Å². The van der Waals surface area contributed by atoms with E-state index >= 15 is 0 Å². The van der Waals surface area contributed by atoms with Gasteiger partial charge < -0.3 is 26.0 Å². The van der Waals surface area contributed by atoms with E-state index in [0.29, 0.717) is 37.9 Å². The highest BCUT2D eigenvalue weighted by atomic mass is 35.5. The number of urea groups is 1. The third-order valence-electron chi connectivity index (χ3n) is 8.08. The molecule has 1 aliphatic heterocycles. The largest absolute Gasteiger partial charge is 0.380 e. The van der Waals surface area contributed by atoms with Gasteiger partial charge in [-0.2, -0.15) is 4.98 Å². The monoisotopic (exact) mass is 604 g/mol. The maximum Gasteiger partial charge on any atom is 0.354 e. The summed E-state index contributed by atoms with van der Waals surface area (Å²) in [7, 11) is 1.73. The number of hydrogen-bond acceptors (Lipinski definition) is 8. The van der Waals surface area contributed by atoms with E-state index in [2.05, 4.69) is 22.1 Å². The van der Waals surface area contributed by atoms with Crippen molar-refractivity contribution in [3.05, 3.63) is 52.6 Å². The number of carbonyl (C=O) groups is 2. The van der Waals surface area contributed by atoms with Gasteiger partial charge in [-0.05, 0) is 63.4 Å². The summed E-state index contributed by atoms with van der Waals surface area (Å²) in [4.78, 5) is 47.7. The second kappa shape index (κ2) is 14.4. The Morgan fingerprint density at radius 3 is 2.31 bits per heavy atom. The molecule has 13 heteroatoms. The van der Waals surface area contributed by atoms with Gasteiger partial charge in [0.1, 0.15) is 5.82 Å². The average Bonchev–Trinajstić information content (AvgIpc) is 2.96. The predicted octanol–water partition coefficient (Wildman–Crippen LogP) is 1.78. The summed E-state index contributed by atoms with van der Waals surface area (Å²) in [5.41, 5.74) is 12.5. The van der Waals surface area contributed by atoms with Gasteiger partial charge in [0.05, 0.1) is 17.3 Å². The number of aromatic nitrogens is 2. The molecule has 0 radical (unpaired) electrons. The van der Waals surface area contributed by atoms with Crippen molar-refractivity contribution in [1.29, 1.82) is 0 Å². The first-order valence-electron chi connectivity index (χ1n) is 14.4. The Balaban J connectivity index is 0.00000484. The van der Waals surface area contributed by atoms with Gasteiger partial charge >= 0.3 is 11.7 Å². The van der Waals surface area contributed by atoms with Gasteiger partial charge in [0.25, 0.3) is 0 Å². The van der Waals surface area contributed by atoms with Crippen LogP contribution in [0.25, 0.3) is 5.69 Å². The van der Waals surface area contributed by atoms with Crippen molar-refractivity contribution < 1.29 is 14.3 Å². The van der Waals surface area contributed by atoms with Crippen LogP contribution in [0.3, 0.4) is 0 Å². The van der Waals surface area contributed by atoms with Crippen LogP contribution in [0.4, 0.5) is 10.6 Å². The third kappa shape index (κ3) is 8.07. The average molecular weight is 605 g/mol. The molecule has 3 amide bonds. The first kappa shape index (κ1) is 33.5. The lowest BCUT2D eigenvalue weighted by Crippen LogP contribution is -2.58. The zero-order chi connectivity index (χ0) is 29.7. The molecule has 1 saturated heterocycles. The van der Waals surface area contributed by atoms with Gasteiger partial charge in [-0.1, -0.05) is 19.1 Å². The smallest absolute Gasteiger partial charge is 0.354 e. The molecule has 5 N–H and O–H groups in total. The normalized spacial score (nSPS) is 21.2. The number of amides is 3. The second-order valence-corrected chi connectivity index (χ2v) is 11.5. The minimum Gasteiger partial charge on any atom is -0.380 e. The molecule has 1 aliphatic carbocycles. The van der Waals surface area contributed by atoms with E-state index in [1.165, 1.54) is 4.57 Å². The molecule has 1 saturated carbocycles. The number of nitrogens with one attached hydrogen (secondary N) is 1. The molecule has 3 unspecified atom stereocenters. The Hall–Kier alpha value is -3.03. The molecule has 42 heavy (non-hydrogen) atoms. The Kier molecular flexibility index (Phi) is 11.5. The Morgan fingerprint density at radius 2 is 1.74 bits per heavy atom. The standard InChI is InChI=1S/C29H44N8O4.ClH/c1-5-34(22-10-11-23(30)24(18-22)41-4)19-20-6-8-21(9-7-20)37-13-12-25(33-28(37)40)32-27(39)36-16-14-35(15-17-36)26(38)29(2,3)31;/h6-9,12-13,22-24H,5,10-11,14-19,30-31H2,1-4H3,(H,32,33,39,40);1H. The lowest BCUT2D eigenvalue weighted by molar-refractivity contribution is -0.137. The zero-order valence-corrected chi connectivity index (χ0v) is 25.8. The maximum atomic E-state index is 12.8. The van der Waals surface area contributed by atoms with Crippen molar-refractivity contribution in [2.45, 2.75) is 70.3 Å². The van der Waals surface area contributed by atoms with Gasteiger partial charge in [-0.3, -0.25) is 19.6 Å². The van der Waals surface area contributed by atoms with E-state index < -0.39 is 11.2 Å². The van der Waals surface area contributed by atoms with E-state index in [0.717, 1.165) is 37.9 Å². The fraction of sp³-hybridized carbons (Fsp3) is 0.586. The number of methoxy groups -OCH3 is 1. The van der Waals surface area contributed by atoms with Gasteiger partial charge in [-0.25, -0.2) is 9.59 Å². The molecule has 12 nitrogen and oxygen atoms in total. The van der Waals surface area contributed by atoms with Gasteiger partial charge in [-0.15, -0.1) is 12.4 Å². The van der Waals surface area contributed by atoms with Crippen LogP contribution in [-0.4, -0.2) is 99.7 Å². The number of halogens is 1. The summed E-state index contributed by atoms with van der Waals surface area (Å²) in [5, 5.41) is 2.70. The van der Waals surface area contributed by atoms with Crippen LogP contribution >= 0.6 is 12.4 Å². The van der Waals surface area contributed by atoms with Crippen molar-refractivity contribution in [2.24, 2.45) is 11.5 Å². The highest BCUT2D eigenvalue weighted by molar-refractivity contribution is 5.89. The van der Waals surface area contributed by atoms with Crippen LogP contribution in [0.2, 0.25) is 0 Å². The molecule has 1 aromatic carbocycles. The summed E-state index contributed by atoms with van der Waals surface area (Å²) in [5.74, 6) is 0.0304. The van der Waals surface area contributed by atoms with E-state index in [9.17, 15) is 14.4 Å². The highest BCUT2D eigenvalue weighted by Crippen LogP contribution is 2.26. The Morgan fingerprint density at radius 1 is 1.10 bits per heavy atom. The predicted molar refractivity (Wildman–Crippen MR) is 165 cm³/mol. The van der Waals surface area contributed by atoms with Crippen LogP contribution in [-0.2, 0) is 16.1 Å². The summed E-state index contributed by atoms with van der Waals surface area (Å²) >= 11 is 0. The number of hydrogen-bond donors (Lipinski definition) is 3. The number of rotatable bonds is 8. The molecule has 0 spiro atoms. The molecular weight excluding hydrogens is 560 g/mol. The fourth-order valence-electron chi connectivity index (χ4n) is 5.61. The number of carbonyl (C=O) groups excluding carboxylic acids is 2. The van der Waals surface area contributed by atoms with Gasteiger partial charge in [0, 0.05) is 58.1 Å². The van der Waals surface area contributed by atoms with Crippen molar-refractivity contribution in [3.8, 4) is 5.69 Å². The lowest BCUT2D eigenvalue weighted by Gasteiger charge is -2.39. The third-order valence-corrected chi connectivity index (χ3v) is 8.08. The molecule has 2 aromatic rings. The van der Waals surface area contributed by atoms with Crippen LogP contribution in [0.15, 0.2) is 41.3 Å². The Labute approximate surface area is 253 Å². The van der Waals surface area contributed by atoms with E-state index in [1.807, 2.05) is 24.3 Å². The molecular formula is C29H45ClN8O4. The number of nitrogens with zero attached hydrogens (tertiary/aromatic N) is 5. The van der Waals surface area contributed by atoms with Crippen molar-refractivity contribution in [1.82, 2.24) is 24.3 Å². The highest BCUT2D eigenvalue weighted by Gasteiger charge is 2.32. The van der Waals surface area contributed by atoms with E-state index in [4.69, 9.17) is 16.2 Å². The summed E-state index contributed by atoms with van der Waals surface area (Å²) in [6, 6.07) is 9.61. The van der Waals surface area contributed by atoms with Crippen molar-refractivity contribution >= 4 is 30.2 Å². The van der Waals surface area contributed by atoms with Crippen LogP contribution in [0, 0.1) is 0 Å². The number of benzene rings is 1. The first-order chi connectivity index (χ1) is 19.5. The minimum absolute atomic E-state index is 0. The van der Waals surface area contributed by atoms with Crippen molar-refractivity contribution in [3.63, 3.8) is 0 Å². The molecule has 232 valence electrons. The molecule has 3 atom stereocenters. The molecule has 0 bridgehead atoms. The van der Waals surface area contributed by atoms with Crippen molar-refractivity contribution in [2.75, 3.05) is 45.2 Å². The molecule has 2 heterocycles. The SMILES string of the molecule is CCN(Cc1ccc(-n2ccc(NC(=O)N3CCN(C(=O)C(C)(C)N)CC3)nc2=O)cc1)C1CCC(N)C(OC)C1.Cl. The summed E-state index contributed by atoms with van der Waals surface area (Å²) in [6.07, 6.45) is 4.63. The topological polar surface area (TPSA) is 152 Å². The van der Waals surface area contributed by atoms with Crippen LogP contribution < -0.4 is 22.5 Å². The van der Waals surface area contributed by atoms with E-state index in [-0.39, 0.29) is 42.3 Å². The Bertz CT molecular complexity index is 1260. The first-order valence-corrected chi connectivity index (χ1v) is 14.4. The summed E-state index contributed by atoms with van der Waals surface area (Å²) < 4.78 is 7.05. The summed E-state index contributed by atoms with van der Waals surface area (Å²) in [6.45, 7) is 8.77. The van der Waals surface area contributed by atoms with E-state index in [1.54, 1.807) is 43.0 Å². The fourth-order valence-corrected chi connectivity index (χ4v) is 5.61. The number of nitrogens with two attached hydrogens (primary N) is 2. The maximum absolute atomic E-state index is 12.8. The van der Waals surface area contributed by atoms with Crippen LogP contribution in [0.1, 0.15) is 45.6 Å². The number of ether oxygens (including phenoxy) is 1. The quantitative estimate of drug-likeness (QED) is 0.412. The van der Waals surface area contributed by atoms with Gasteiger partial charge in [0.2, 0.25) is 5.91 Å². The number of anilines is 1. The number of piperazine rings is 1. The molecule has 4 rings (SSSR count). The second-order valence-electron chi connectivity index (χ2n) is 11.5. The molecule has 2 fully saturated rings. The minimum atomic E-state index is -0.952. The molecule has 2 aliphatic rings. The zero-order valence-electron chi connectivity index (χ0n) is 25.0.